The summed E-state index contributed by atoms with van der Waals surface area (Å²) in [6.07, 6.45) is 2.47. The molecule has 0 bridgehead atoms. The number of hydrogen-bond acceptors (Lipinski definition) is 6. The Morgan fingerprint density at radius 3 is 2.34 bits per heavy atom. The molecule has 3 amide bonds. The van der Waals surface area contributed by atoms with Gasteiger partial charge >= 0.3 is 0 Å². The van der Waals surface area contributed by atoms with E-state index < -0.39 is 17.4 Å². The molecule has 1 aromatic rings. The largest absolute Gasteiger partial charge is 0.344 e. The molecule has 0 aliphatic carbocycles. The topological polar surface area (TPSA) is 117 Å². The quantitative estimate of drug-likeness (QED) is 0.282. The van der Waals surface area contributed by atoms with Crippen molar-refractivity contribution in [3.05, 3.63) is 35.4 Å². The Balaban J connectivity index is 2.01. The summed E-state index contributed by atoms with van der Waals surface area (Å²) >= 11 is 0. The molecule has 1 aromatic carbocycles. The molecule has 9 heteroatoms. The zero-order valence-electron chi connectivity index (χ0n) is 21.4. The van der Waals surface area contributed by atoms with Crippen LogP contribution in [0.2, 0.25) is 0 Å². The van der Waals surface area contributed by atoms with Gasteiger partial charge in [-0.25, -0.2) is 5.06 Å². The molecule has 1 saturated heterocycles. The van der Waals surface area contributed by atoms with Crippen LogP contribution in [0.4, 0.5) is 0 Å². The highest BCUT2D eigenvalue weighted by atomic mass is 16.5. The normalized spacial score (nSPS) is 16.2. The number of hydroxylamine groups is 2. The van der Waals surface area contributed by atoms with Gasteiger partial charge in [0.1, 0.15) is 6.04 Å². The second-order valence-electron chi connectivity index (χ2n) is 10.3. The summed E-state index contributed by atoms with van der Waals surface area (Å²) in [5.74, 6) is -1.03. The predicted molar refractivity (Wildman–Crippen MR) is 132 cm³/mol. The van der Waals surface area contributed by atoms with E-state index in [1.54, 1.807) is 4.90 Å². The Hall–Kier alpha value is -2.96. The van der Waals surface area contributed by atoms with Crippen molar-refractivity contribution in [2.45, 2.75) is 59.5 Å². The minimum Gasteiger partial charge on any atom is -0.344 e. The first-order valence-electron chi connectivity index (χ1n) is 12.3. The van der Waals surface area contributed by atoms with Gasteiger partial charge in [0.25, 0.3) is 0 Å². The van der Waals surface area contributed by atoms with Crippen molar-refractivity contribution in [1.29, 1.82) is 5.26 Å². The maximum atomic E-state index is 13.5. The molecule has 2 atom stereocenters. The van der Waals surface area contributed by atoms with E-state index in [2.05, 4.69) is 16.3 Å². The summed E-state index contributed by atoms with van der Waals surface area (Å²) in [7, 11) is 0. The summed E-state index contributed by atoms with van der Waals surface area (Å²) in [6.45, 7) is 11.0. The minimum atomic E-state index is -0.715. The van der Waals surface area contributed by atoms with Gasteiger partial charge in [-0.2, -0.15) is 5.26 Å². The zero-order chi connectivity index (χ0) is 26.0. The number of nitriles is 1. The Morgan fingerprint density at radius 1 is 1.20 bits per heavy atom. The molecular formula is C26H39N5O4. The summed E-state index contributed by atoms with van der Waals surface area (Å²) in [4.78, 5) is 41.5. The van der Waals surface area contributed by atoms with Crippen LogP contribution in [-0.2, 0) is 20.9 Å². The van der Waals surface area contributed by atoms with Crippen LogP contribution in [0.5, 0.6) is 0 Å². The van der Waals surface area contributed by atoms with Crippen molar-refractivity contribution in [2.75, 3.05) is 32.7 Å². The van der Waals surface area contributed by atoms with Gasteiger partial charge in [-0.15, -0.1) is 0 Å². The molecule has 0 saturated carbocycles. The van der Waals surface area contributed by atoms with Gasteiger partial charge in [0, 0.05) is 32.7 Å². The molecule has 0 aromatic heterocycles. The Labute approximate surface area is 208 Å². The second kappa shape index (κ2) is 13.2. The minimum absolute atomic E-state index is 0.103. The molecule has 192 valence electrons. The molecule has 0 spiro atoms. The van der Waals surface area contributed by atoms with E-state index in [0.717, 1.165) is 24.9 Å². The Morgan fingerprint density at radius 2 is 1.83 bits per heavy atom. The first-order valence-corrected chi connectivity index (χ1v) is 12.3. The van der Waals surface area contributed by atoms with Crippen molar-refractivity contribution in [1.82, 2.24) is 20.2 Å². The fourth-order valence-corrected chi connectivity index (χ4v) is 4.19. The van der Waals surface area contributed by atoms with Gasteiger partial charge in [0.15, 0.2) is 0 Å². The van der Waals surface area contributed by atoms with Crippen LogP contribution in [0, 0.1) is 22.7 Å². The van der Waals surface area contributed by atoms with Gasteiger partial charge in [-0.05, 0) is 29.5 Å². The van der Waals surface area contributed by atoms with Crippen LogP contribution < -0.4 is 5.32 Å². The maximum Gasteiger partial charge on any atom is 0.245 e. The van der Waals surface area contributed by atoms with E-state index in [1.165, 1.54) is 0 Å². The monoisotopic (exact) mass is 485 g/mol. The molecule has 35 heavy (non-hydrogen) atoms. The average Bonchev–Trinajstić information content (AvgIpc) is 2.84. The fraction of sp³-hybridized carbons (Fsp3) is 0.615. The number of nitrogens with one attached hydrogen (secondary N) is 1. The van der Waals surface area contributed by atoms with Gasteiger partial charge in [-0.3, -0.25) is 24.5 Å². The van der Waals surface area contributed by atoms with Crippen LogP contribution in [0.25, 0.3) is 0 Å². The number of benzene rings is 1. The summed E-state index contributed by atoms with van der Waals surface area (Å²) in [5, 5.41) is 22.0. The van der Waals surface area contributed by atoms with E-state index in [0.29, 0.717) is 43.2 Å². The Bertz CT molecular complexity index is 882. The molecule has 0 radical (unpaired) electrons. The Kier molecular flexibility index (Phi) is 10.7. The van der Waals surface area contributed by atoms with Crippen molar-refractivity contribution in [3.63, 3.8) is 0 Å². The fourth-order valence-electron chi connectivity index (χ4n) is 4.19. The van der Waals surface area contributed by atoms with E-state index in [1.807, 2.05) is 52.0 Å². The highest BCUT2D eigenvalue weighted by molar-refractivity contribution is 5.89. The van der Waals surface area contributed by atoms with Crippen LogP contribution in [-0.4, -0.2) is 77.1 Å². The summed E-state index contributed by atoms with van der Waals surface area (Å²) in [6, 6.07) is 8.93. The number of amides is 3. The molecule has 2 unspecified atom stereocenters. The van der Waals surface area contributed by atoms with Gasteiger partial charge in [0.05, 0.1) is 24.1 Å². The lowest BCUT2D eigenvalue weighted by Gasteiger charge is -2.40. The van der Waals surface area contributed by atoms with Crippen molar-refractivity contribution >= 4 is 18.2 Å². The molecule has 2 N–H and O–H groups in total. The molecule has 1 fully saturated rings. The summed E-state index contributed by atoms with van der Waals surface area (Å²) in [5.41, 5.74) is 1.25. The third-order valence-electron chi connectivity index (χ3n) is 6.38. The number of piperazine rings is 1. The van der Waals surface area contributed by atoms with Crippen molar-refractivity contribution in [3.8, 4) is 6.07 Å². The van der Waals surface area contributed by atoms with E-state index >= 15 is 0 Å². The predicted octanol–water partition coefficient (Wildman–Crippen LogP) is 2.39. The van der Waals surface area contributed by atoms with Gasteiger partial charge in [-0.1, -0.05) is 52.7 Å². The molecular weight excluding hydrogens is 446 g/mol. The third kappa shape index (κ3) is 8.64. The van der Waals surface area contributed by atoms with Crippen LogP contribution in [0.3, 0.4) is 0 Å². The molecule has 1 aliphatic rings. The average molecular weight is 486 g/mol. The standard InChI is InChI=1S/C26H39N5O4/c1-5-6-7-22(18-31(35)19-32)24(33)28-23(26(2,3)4)25(34)30-14-12-29(13-15-30)17-21-10-8-20(16-27)9-11-21/h8-11,19,22-23,35H,5-7,12-15,17-18H2,1-4H3,(H,28,33). The number of carbonyl (C=O) groups is 3. The van der Waals surface area contributed by atoms with Crippen LogP contribution in [0.1, 0.15) is 58.1 Å². The van der Waals surface area contributed by atoms with Crippen LogP contribution >= 0.6 is 0 Å². The lowest BCUT2D eigenvalue weighted by Crippen LogP contribution is -2.59. The maximum absolute atomic E-state index is 13.5. The number of carbonyl (C=O) groups excluding carboxylic acids is 3. The first kappa shape index (κ1) is 28.3. The second-order valence-corrected chi connectivity index (χ2v) is 10.3. The third-order valence-corrected chi connectivity index (χ3v) is 6.38. The summed E-state index contributed by atoms with van der Waals surface area (Å²) < 4.78 is 0. The van der Waals surface area contributed by atoms with E-state index in [9.17, 15) is 19.6 Å². The number of hydrogen-bond donors (Lipinski definition) is 2. The number of rotatable bonds is 11. The molecule has 1 aliphatic heterocycles. The SMILES string of the molecule is CCCCC(CN(O)C=O)C(=O)NC(C(=O)N1CCN(Cc2ccc(C#N)cc2)CC1)C(C)(C)C. The lowest BCUT2D eigenvalue weighted by molar-refractivity contribution is -0.155. The molecule has 9 nitrogen and oxygen atoms in total. The molecule has 2 rings (SSSR count). The highest BCUT2D eigenvalue weighted by Crippen LogP contribution is 2.23. The van der Waals surface area contributed by atoms with E-state index in [4.69, 9.17) is 5.26 Å². The zero-order valence-corrected chi connectivity index (χ0v) is 21.4. The number of nitrogens with zero attached hydrogens (tertiary/aromatic N) is 4. The number of unbranched alkanes of at least 4 members (excludes halogenated alkanes) is 1. The molecule has 1 heterocycles. The highest BCUT2D eigenvalue weighted by Gasteiger charge is 2.38. The van der Waals surface area contributed by atoms with Crippen LogP contribution in [0.15, 0.2) is 24.3 Å². The lowest BCUT2D eigenvalue weighted by atomic mass is 9.85. The van der Waals surface area contributed by atoms with Gasteiger partial charge < -0.3 is 10.2 Å². The van der Waals surface area contributed by atoms with E-state index in [-0.39, 0.29) is 24.8 Å². The van der Waals surface area contributed by atoms with Crippen molar-refractivity contribution in [2.24, 2.45) is 11.3 Å². The first-order chi connectivity index (χ1) is 16.6. The van der Waals surface area contributed by atoms with Gasteiger partial charge in [0.2, 0.25) is 18.2 Å². The van der Waals surface area contributed by atoms with Crippen molar-refractivity contribution < 1.29 is 19.6 Å². The smallest absolute Gasteiger partial charge is 0.245 e.